The zero-order chi connectivity index (χ0) is 15.4. The van der Waals surface area contributed by atoms with Gasteiger partial charge in [-0.25, -0.2) is 9.59 Å². The van der Waals surface area contributed by atoms with Gasteiger partial charge in [0.05, 0.1) is 0 Å². The molecule has 0 aromatic carbocycles. The molecule has 6 heteroatoms. The highest BCUT2D eigenvalue weighted by Gasteiger charge is 2.26. The molecule has 0 heterocycles. The van der Waals surface area contributed by atoms with Crippen LogP contribution >= 0.6 is 0 Å². The van der Waals surface area contributed by atoms with E-state index in [1.165, 1.54) is 19.3 Å². The van der Waals surface area contributed by atoms with Gasteiger partial charge < -0.3 is 21.3 Å². The van der Waals surface area contributed by atoms with Gasteiger partial charge >= 0.3 is 12.1 Å². The zero-order valence-electron chi connectivity index (χ0n) is 13.2. The molecule has 0 unspecified atom stereocenters. The molecule has 3 fully saturated rings. The lowest BCUT2D eigenvalue weighted by molar-refractivity contribution is 0.221. The Balaban J connectivity index is 1.29. The second kappa shape index (κ2) is 7.20. The predicted molar refractivity (Wildman–Crippen MR) is 84.6 cm³/mol. The number of hydrogen-bond donors (Lipinski definition) is 4. The number of urea groups is 2. The molecule has 124 valence electrons. The summed E-state index contributed by atoms with van der Waals surface area (Å²) in [5.41, 5.74) is 0. The molecule has 3 saturated carbocycles. The van der Waals surface area contributed by atoms with Crippen molar-refractivity contribution in [1.29, 1.82) is 0 Å². The number of carbonyl (C=O) groups excluding carboxylic acids is 2. The second-order valence-electron chi connectivity index (χ2n) is 7.16. The monoisotopic (exact) mass is 308 g/mol. The van der Waals surface area contributed by atoms with E-state index in [0.717, 1.165) is 45.2 Å². The van der Waals surface area contributed by atoms with Crippen molar-refractivity contribution in [3.8, 4) is 0 Å². The first kappa shape index (κ1) is 15.4. The van der Waals surface area contributed by atoms with Crippen molar-refractivity contribution in [3.05, 3.63) is 0 Å². The first-order valence-corrected chi connectivity index (χ1v) is 8.78. The number of carbonyl (C=O) groups is 2. The van der Waals surface area contributed by atoms with Gasteiger partial charge in [0.25, 0.3) is 0 Å². The van der Waals surface area contributed by atoms with Crippen LogP contribution in [0.25, 0.3) is 0 Å². The third kappa shape index (κ3) is 5.39. The molecule has 3 rings (SSSR count). The van der Waals surface area contributed by atoms with Gasteiger partial charge in [0.1, 0.15) is 0 Å². The molecule has 0 aromatic rings. The maximum Gasteiger partial charge on any atom is 0.315 e. The lowest BCUT2D eigenvalue weighted by atomic mass is 9.81. The largest absolute Gasteiger partial charge is 0.338 e. The number of hydrogen-bond acceptors (Lipinski definition) is 2. The molecule has 3 aliphatic carbocycles. The van der Waals surface area contributed by atoms with Crippen molar-refractivity contribution < 1.29 is 9.59 Å². The smallest absolute Gasteiger partial charge is 0.315 e. The highest BCUT2D eigenvalue weighted by molar-refractivity contribution is 5.74. The van der Waals surface area contributed by atoms with Gasteiger partial charge in [0.15, 0.2) is 0 Å². The summed E-state index contributed by atoms with van der Waals surface area (Å²) in [5.74, 6) is 1.08. The Hall–Kier alpha value is -1.46. The summed E-state index contributed by atoms with van der Waals surface area (Å²) in [6.07, 6.45) is 9.10. The van der Waals surface area contributed by atoms with Gasteiger partial charge in [-0.3, -0.25) is 0 Å². The van der Waals surface area contributed by atoms with Crippen LogP contribution in [0.4, 0.5) is 9.59 Å². The van der Waals surface area contributed by atoms with Crippen LogP contribution in [0.15, 0.2) is 0 Å². The molecule has 2 atom stereocenters. The molecule has 4 amide bonds. The molecule has 22 heavy (non-hydrogen) atoms. The maximum absolute atomic E-state index is 11.7. The Morgan fingerprint density at radius 3 is 1.59 bits per heavy atom. The van der Waals surface area contributed by atoms with Crippen LogP contribution in [0.5, 0.6) is 0 Å². The van der Waals surface area contributed by atoms with E-state index in [-0.39, 0.29) is 12.1 Å². The normalized spacial score (nSPS) is 27.8. The van der Waals surface area contributed by atoms with Crippen LogP contribution in [0.1, 0.15) is 51.4 Å². The molecular formula is C16H28N4O2. The average molecular weight is 308 g/mol. The highest BCUT2D eigenvalue weighted by Crippen LogP contribution is 2.28. The molecule has 0 aromatic heterocycles. The van der Waals surface area contributed by atoms with Gasteiger partial charge in [-0.05, 0) is 56.8 Å². The molecule has 0 saturated heterocycles. The van der Waals surface area contributed by atoms with Crippen LogP contribution in [0.3, 0.4) is 0 Å². The summed E-state index contributed by atoms with van der Waals surface area (Å²) in [6.45, 7) is 1.51. The van der Waals surface area contributed by atoms with Crippen molar-refractivity contribution in [3.63, 3.8) is 0 Å². The summed E-state index contributed by atoms with van der Waals surface area (Å²) in [7, 11) is 0. The van der Waals surface area contributed by atoms with Crippen molar-refractivity contribution in [2.45, 2.75) is 63.5 Å². The van der Waals surface area contributed by atoms with E-state index in [1.54, 1.807) is 0 Å². The third-order valence-electron chi connectivity index (χ3n) is 4.82. The summed E-state index contributed by atoms with van der Waals surface area (Å²) < 4.78 is 0. The minimum atomic E-state index is -0.0217. The Morgan fingerprint density at radius 2 is 1.18 bits per heavy atom. The summed E-state index contributed by atoms with van der Waals surface area (Å²) in [6, 6.07) is 0.777. The quantitative estimate of drug-likeness (QED) is 0.602. The highest BCUT2D eigenvalue weighted by atomic mass is 16.2. The fourth-order valence-electron chi connectivity index (χ4n) is 3.18. The molecular weight excluding hydrogens is 280 g/mol. The minimum Gasteiger partial charge on any atom is -0.338 e. The third-order valence-corrected chi connectivity index (χ3v) is 4.82. The SMILES string of the molecule is O=C(NC[C@H]1CCC[C@@H](CNC(=O)NC2CC2)C1)NC1CC1. The first-order valence-electron chi connectivity index (χ1n) is 8.78. The standard InChI is InChI=1S/C16H28N4O2/c21-15(19-13-4-5-13)17-9-11-2-1-3-12(8-11)10-18-16(22)20-14-6-7-14/h11-14H,1-10H2,(H2,17,19,21)(H2,18,20,22)/t11-,12+. The van der Waals surface area contributed by atoms with E-state index in [0.29, 0.717) is 23.9 Å². The zero-order valence-corrected chi connectivity index (χ0v) is 13.2. The summed E-state index contributed by atoms with van der Waals surface area (Å²) in [5, 5.41) is 11.9. The number of rotatable bonds is 6. The maximum atomic E-state index is 11.7. The molecule has 6 nitrogen and oxygen atoms in total. The fraction of sp³-hybridized carbons (Fsp3) is 0.875. The Morgan fingerprint density at radius 1 is 0.727 bits per heavy atom. The van der Waals surface area contributed by atoms with E-state index in [9.17, 15) is 9.59 Å². The lowest BCUT2D eigenvalue weighted by Crippen LogP contribution is -2.42. The van der Waals surface area contributed by atoms with Gasteiger partial charge in [-0.2, -0.15) is 0 Å². The predicted octanol–water partition coefficient (Wildman–Crippen LogP) is 1.72. The van der Waals surface area contributed by atoms with Crippen molar-refractivity contribution in [2.75, 3.05) is 13.1 Å². The van der Waals surface area contributed by atoms with Crippen molar-refractivity contribution in [2.24, 2.45) is 11.8 Å². The van der Waals surface area contributed by atoms with Gasteiger partial charge in [0, 0.05) is 25.2 Å². The van der Waals surface area contributed by atoms with E-state index in [4.69, 9.17) is 0 Å². The van der Waals surface area contributed by atoms with Crippen molar-refractivity contribution in [1.82, 2.24) is 21.3 Å². The lowest BCUT2D eigenvalue weighted by Gasteiger charge is -2.29. The molecule has 4 N–H and O–H groups in total. The first-order chi connectivity index (χ1) is 10.7. The van der Waals surface area contributed by atoms with E-state index in [2.05, 4.69) is 21.3 Å². The topological polar surface area (TPSA) is 82.3 Å². The van der Waals surface area contributed by atoms with Crippen LogP contribution in [-0.2, 0) is 0 Å². The van der Waals surface area contributed by atoms with E-state index in [1.807, 2.05) is 0 Å². The van der Waals surface area contributed by atoms with Gasteiger partial charge in [0.2, 0.25) is 0 Å². The molecule has 0 radical (unpaired) electrons. The fourth-order valence-corrected chi connectivity index (χ4v) is 3.18. The second-order valence-corrected chi connectivity index (χ2v) is 7.16. The number of nitrogens with one attached hydrogen (secondary N) is 4. The summed E-state index contributed by atoms with van der Waals surface area (Å²) in [4.78, 5) is 23.3. The van der Waals surface area contributed by atoms with E-state index < -0.39 is 0 Å². The minimum absolute atomic E-state index is 0.0217. The van der Waals surface area contributed by atoms with Crippen LogP contribution < -0.4 is 21.3 Å². The molecule has 3 aliphatic rings. The summed E-state index contributed by atoms with van der Waals surface area (Å²) >= 11 is 0. The Labute approximate surface area is 132 Å². The van der Waals surface area contributed by atoms with Gasteiger partial charge in [-0.1, -0.05) is 6.42 Å². The molecule has 0 aliphatic heterocycles. The van der Waals surface area contributed by atoms with Gasteiger partial charge in [-0.15, -0.1) is 0 Å². The molecule has 0 spiro atoms. The Kier molecular flexibility index (Phi) is 5.05. The van der Waals surface area contributed by atoms with Crippen LogP contribution in [0.2, 0.25) is 0 Å². The van der Waals surface area contributed by atoms with Crippen LogP contribution in [0, 0.1) is 11.8 Å². The molecule has 0 bridgehead atoms. The van der Waals surface area contributed by atoms with Crippen molar-refractivity contribution >= 4 is 12.1 Å². The Bertz CT molecular complexity index is 371. The average Bonchev–Trinajstić information content (AvgIpc) is 3.40. The van der Waals surface area contributed by atoms with E-state index >= 15 is 0 Å². The number of amides is 4. The van der Waals surface area contributed by atoms with Crippen LogP contribution in [-0.4, -0.2) is 37.2 Å².